The number of hydrogen-bond donors (Lipinski definition) is 2. The van der Waals surface area contributed by atoms with Crippen LogP contribution in [0, 0.1) is 5.92 Å². The van der Waals surface area contributed by atoms with E-state index in [-0.39, 0.29) is 23.5 Å². The number of aromatic nitrogens is 2. The standard InChI is InChI=1S/C18H22N4O5S/c1-11(2)7-8-19-17(24)20-15(23)10-28-18-22-21-16(27-18)14-9-25-12-5-3-4-6-13(12)26-14/h3-6,11,14H,7-10H2,1-2H3,(H2,19,20,23,24)/t14-/m0/s1. The van der Waals surface area contributed by atoms with Crippen LogP contribution in [-0.2, 0) is 4.79 Å². The van der Waals surface area contributed by atoms with Gasteiger partial charge in [0.2, 0.25) is 12.0 Å². The van der Waals surface area contributed by atoms with E-state index < -0.39 is 18.0 Å². The maximum absolute atomic E-state index is 11.8. The summed E-state index contributed by atoms with van der Waals surface area (Å²) in [6, 6.07) is 6.81. The third-order valence-corrected chi connectivity index (χ3v) is 4.61. The van der Waals surface area contributed by atoms with E-state index in [1.54, 1.807) is 6.07 Å². The molecule has 1 aliphatic rings. The van der Waals surface area contributed by atoms with Crippen LogP contribution >= 0.6 is 11.8 Å². The fraction of sp³-hybridized carbons (Fsp3) is 0.444. The summed E-state index contributed by atoms with van der Waals surface area (Å²) in [5.41, 5.74) is 0. The Morgan fingerprint density at radius 3 is 2.82 bits per heavy atom. The van der Waals surface area contributed by atoms with Crippen LogP contribution in [0.4, 0.5) is 4.79 Å². The number of carbonyl (C=O) groups is 2. The highest BCUT2D eigenvalue weighted by molar-refractivity contribution is 7.99. The van der Waals surface area contributed by atoms with Gasteiger partial charge in [0.25, 0.3) is 11.1 Å². The van der Waals surface area contributed by atoms with E-state index >= 15 is 0 Å². The van der Waals surface area contributed by atoms with E-state index in [2.05, 4.69) is 34.7 Å². The molecule has 2 heterocycles. The molecule has 150 valence electrons. The third kappa shape index (κ3) is 5.62. The number of hydrogen-bond acceptors (Lipinski definition) is 8. The fourth-order valence-corrected chi connectivity index (χ4v) is 2.93. The zero-order chi connectivity index (χ0) is 19.9. The average Bonchev–Trinajstić information content (AvgIpc) is 3.15. The second-order valence-electron chi connectivity index (χ2n) is 6.55. The minimum absolute atomic E-state index is 0.0237. The van der Waals surface area contributed by atoms with E-state index in [1.807, 2.05) is 18.2 Å². The summed E-state index contributed by atoms with van der Waals surface area (Å²) >= 11 is 1.04. The highest BCUT2D eigenvalue weighted by atomic mass is 32.2. The molecule has 1 aliphatic heterocycles. The van der Waals surface area contributed by atoms with E-state index in [0.717, 1.165) is 18.2 Å². The van der Waals surface area contributed by atoms with Gasteiger partial charge in [0, 0.05) is 6.54 Å². The smallest absolute Gasteiger partial charge is 0.321 e. The minimum atomic E-state index is -0.516. The largest absolute Gasteiger partial charge is 0.485 e. The number of urea groups is 1. The summed E-state index contributed by atoms with van der Waals surface area (Å²) < 4.78 is 17.0. The first-order valence-corrected chi connectivity index (χ1v) is 9.92. The lowest BCUT2D eigenvalue weighted by Gasteiger charge is -2.23. The molecule has 0 saturated heterocycles. The van der Waals surface area contributed by atoms with E-state index in [0.29, 0.717) is 24.0 Å². The van der Waals surface area contributed by atoms with Crippen molar-refractivity contribution in [1.82, 2.24) is 20.8 Å². The van der Waals surface area contributed by atoms with Crippen LogP contribution in [0.2, 0.25) is 0 Å². The van der Waals surface area contributed by atoms with Gasteiger partial charge in [-0.25, -0.2) is 4.79 Å². The molecule has 0 saturated carbocycles. The molecule has 0 bridgehead atoms. The van der Waals surface area contributed by atoms with Crippen LogP contribution in [0.25, 0.3) is 0 Å². The molecular weight excluding hydrogens is 384 g/mol. The second kappa shape index (κ2) is 9.45. The van der Waals surface area contributed by atoms with Crippen molar-refractivity contribution in [2.45, 2.75) is 31.6 Å². The first-order valence-electron chi connectivity index (χ1n) is 8.93. The molecule has 1 atom stereocenters. The molecule has 0 unspecified atom stereocenters. The average molecular weight is 406 g/mol. The van der Waals surface area contributed by atoms with Gasteiger partial charge in [-0.15, -0.1) is 10.2 Å². The number of imide groups is 1. The lowest BCUT2D eigenvalue weighted by molar-refractivity contribution is -0.117. The summed E-state index contributed by atoms with van der Waals surface area (Å²) in [5, 5.41) is 13.0. The van der Waals surface area contributed by atoms with Crippen LogP contribution < -0.4 is 20.1 Å². The Balaban J connectivity index is 1.44. The maximum atomic E-state index is 11.8. The molecule has 0 aliphatic carbocycles. The highest BCUT2D eigenvalue weighted by Crippen LogP contribution is 2.35. The number of benzene rings is 1. The number of carbonyl (C=O) groups excluding carboxylic acids is 2. The second-order valence-corrected chi connectivity index (χ2v) is 7.47. The van der Waals surface area contributed by atoms with Crippen molar-refractivity contribution in [2.24, 2.45) is 5.92 Å². The van der Waals surface area contributed by atoms with Gasteiger partial charge >= 0.3 is 6.03 Å². The SMILES string of the molecule is CC(C)CCNC(=O)NC(=O)CSc1nnc([C@@H]2COc3ccccc3O2)o1. The summed E-state index contributed by atoms with van der Waals surface area (Å²) in [6.07, 6.45) is 0.329. The molecule has 0 radical (unpaired) electrons. The minimum Gasteiger partial charge on any atom is -0.485 e. The van der Waals surface area contributed by atoms with E-state index in [9.17, 15) is 9.59 Å². The molecule has 0 fully saturated rings. The zero-order valence-corrected chi connectivity index (χ0v) is 16.5. The molecule has 0 spiro atoms. The Morgan fingerprint density at radius 1 is 1.25 bits per heavy atom. The molecule has 3 rings (SSSR count). The Bertz CT molecular complexity index is 826. The number of nitrogens with one attached hydrogen (secondary N) is 2. The Morgan fingerprint density at radius 2 is 2.04 bits per heavy atom. The van der Waals surface area contributed by atoms with Gasteiger partial charge < -0.3 is 19.2 Å². The van der Waals surface area contributed by atoms with Gasteiger partial charge in [0.05, 0.1) is 5.75 Å². The summed E-state index contributed by atoms with van der Waals surface area (Å²) in [7, 11) is 0. The van der Waals surface area contributed by atoms with Gasteiger partial charge in [0.1, 0.15) is 6.61 Å². The van der Waals surface area contributed by atoms with Crippen molar-refractivity contribution < 1.29 is 23.5 Å². The number of amides is 3. The molecule has 2 N–H and O–H groups in total. The summed E-state index contributed by atoms with van der Waals surface area (Å²) in [5.74, 6) is 1.54. The molecule has 9 nitrogen and oxygen atoms in total. The Hall–Kier alpha value is -2.75. The highest BCUT2D eigenvalue weighted by Gasteiger charge is 2.27. The quantitative estimate of drug-likeness (QED) is 0.674. The number of para-hydroxylation sites is 2. The number of rotatable bonds is 7. The lowest BCUT2D eigenvalue weighted by atomic mass is 10.1. The number of thioether (sulfide) groups is 1. The van der Waals surface area contributed by atoms with Crippen molar-refractivity contribution >= 4 is 23.7 Å². The first kappa shape index (κ1) is 20.0. The predicted molar refractivity (Wildman–Crippen MR) is 101 cm³/mol. The topological polar surface area (TPSA) is 116 Å². The first-order chi connectivity index (χ1) is 13.5. The van der Waals surface area contributed by atoms with Gasteiger partial charge in [-0.1, -0.05) is 37.7 Å². The van der Waals surface area contributed by atoms with Crippen molar-refractivity contribution in [2.75, 3.05) is 18.9 Å². The normalized spacial score (nSPS) is 15.3. The van der Waals surface area contributed by atoms with E-state index in [1.165, 1.54) is 0 Å². The lowest BCUT2D eigenvalue weighted by Crippen LogP contribution is -2.40. The summed E-state index contributed by atoms with van der Waals surface area (Å²) in [4.78, 5) is 23.5. The van der Waals surface area contributed by atoms with Crippen LogP contribution in [0.3, 0.4) is 0 Å². The van der Waals surface area contributed by atoms with Crippen molar-refractivity contribution in [1.29, 1.82) is 0 Å². The number of nitrogens with zero attached hydrogens (tertiary/aromatic N) is 2. The van der Waals surface area contributed by atoms with Gasteiger partial charge in [-0.2, -0.15) is 0 Å². The van der Waals surface area contributed by atoms with Crippen molar-refractivity contribution in [3.8, 4) is 11.5 Å². The maximum Gasteiger partial charge on any atom is 0.321 e. The predicted octanol–water partition coefficient (Wildman–Crippen LogP) is 2.55. The van der Waals surface area contributed by atoms with Crippen molar-refractivity contribution in [3.63, 3.8) is 0 Å². The van der Waals surface area contributed by atoms with Crippen LogP contribution in [0.1, 0.15) is 32.3 Å². The Labute approximate surface area is 166 Å². The molecule has 1 aromatic carbocycles. The molecular formula is C18H22N4O5S. The van der Waals surface area contributed by atoms with Crippen LogP contribution in [0.15, 0.2) is 33.9 Å². The molecule has 10 heteroatoms. The fourth-order valence-electron chi connectivity index (χ4n) is 2.36. The number of fused-ring (bicyclic) bond motifs is 1. The molecule has 2 aromatic rings. The third-order valence-electron chi connectivity index (χ3n) is 3.79. The van der Waals surface area contributed by atoms with Crippen molar-refractivity contribution in [3.05, 3.63) is 30.2 Å². The number of ether oxygens (including phenoxy) is 2. The van der Waals surface area contributed by atoms with Crippen LogP contribution in [-0.4, -0.2) is 41.0 Å². The van der Waals surface area contributed by atoms with Gasteiger partial charge in [-0.3, -0.25) is 10.1 Å². The molecule has 1 aromatic heterocycles. The summed E-state index contributed by atoms with van der Waals surface area (Å²) in [6.45, 7) is 4.89. The molecule has 3 amide bonds. The zero-order valence-electron chi connectivity index (χ0n) is 15.6. The van der Waals surface area contributed by atoms with E-state index in [4.69, 9.17) is 13.9 Å². The van der Waals surface area contributed by atoms with Crippen LogP contribution in [0.5, 0.6) is 11.5 Å². The van der Waals surface area contributed by atoms with Gasteiger partial charge in [0.15, 0.2) is 11.5 Å². The van der Waals surface area contributed by atoms with Gasteiger partial charge in [-0.05, 0) is 24.5 Å². The molecule has 28 heavy (non-hydrogen) atoms. The Kier molecular flexibility index (Phi) is 6.75. The monoisotopic (exact) mass is 406 g/mol.